The van der Waals surface area contributed by atoms with Gasteiger partial charge in [0.2, 0.25) is 0 Å². The van der Waals surface area contributed by atoms with E-state index in [1.54, 1.807) is 0 Å². The highest BCUT2D eigenvalue weighted by Gasteiger charge is 2.27. The summed E-state index contributed by atoms with van der Waals surface area (Å²) in [5, 5.41) is 20.3. The number of fused-ring (bicyclic) bond motifs is 1. The second-order valence-corrected chi connectivity index (χ2v) is 2.94. The summed E-state index contributed by atoms with van der Waals surface area (Å²) in [6.45, 7) is 1.91. The first-order valence-corrected chi connectivity index (χ1v) is 4.17. The van der Waals surface area contributed by atoms with Crippen molar-refractivity contribution in [2.24, 2.45) is 10.2 Å². The molecule has 0 aliphatic carbocycles. The number of carboxylic acids is 1. The average Bonchev–Trinajstić information content (AvgIpc) is 2.66. The molecule has 1 aliphatic rings. The molecule has 3 N–H and O–H groups in total. The van der Waals surface area contributed by atoms with E-state index in [-0.39, 0.29) is 17.5 Å². The van der Waals surface area contributed by atoms with Gasteiger partial charge in [0.1, 0.15) is 5.69 Å². The van der Waals surface area contributed by atoms with Crippen LogP contribution in [0, 0.1) is 0 Å². The number of nitrogens with zero attached hydrogens (tertiary/aromatic N) is 4. The van der Waals surface area contributed by atoms with E-state index in [0.29, 0.717) is 12.2 Å². The normalized spacial score (nSPS) is 18.5. The van der Waals surface area contributed by atoms with E-state index >= 15 is 0 Å². The van der Waals surface area contributed by atoms with Crippen LogP contribution in [0.25, 0.3) is 0 Å². The molecule has 14 heavy (non-hydrogen) atoms. The molecule has 0 spiro atoms. The lowest BCUT2D eigenvalue weighted by molar-refractivity contribution is 0.0690. The zero-order valence-electron chi connectivity index (χ0n) is 7.51. The van der Waals surface area contributed by atoms with Gasteiger partial charge >= 0.3 is 5.97 Å². The minimum Gasteiger partial charge on any atom is -0.476 e. The summed E-state index contributed by atoms with van der Waals surface area (Å²) in [6.07, 6.45) is 0.483. The van der Waals surface area contributed by atoms with Gasteiger partial charge in [-0.15, -0.1) is 5.11 Å². The summed E-state index contributed by atoms with van der Waals surface area (Å²) >= 11 is 0. The van der Waals surface area contributed by atoms with Crippen molar-refractivity contribution in [3.05, 3.63) is 5.69 Å². The van der Waals surface area contributed by atoms with Crippen LogP contribution < -0.4 is 5.73 Å². The molecule has 74 valence electrons. The zero-order valence-corrected chi connectivity index (χ0v) is 7.51. The lowest BCUT2D eigenvalue weighted by Gasteiger charge is -2.02. The first-order chi connectivity index (χ1) is 6.65. The highest BCUT2D eigenvalue weighted by Crippen LogP contribution is 2.36. The fourth-order valence-electron chi connectivity index (χ4n) is 1.33. The van der Waals surface area contributed by atoms with Crippen molar-refractivity contribution >= 4 is 17.5 Å². The van der Waals surface area contributed by atoms with Crippen molar-refractivity contribution in [3.8, 4) is 0 Å². The third kappa shape index (κ3) is 0.983. The monoisotopic (exact) mass is 195 g/mol. The minimum absolute atomic E-state index is 0.0807. The number of aromatic carboxylic acids is 1. The van der Waals surface area contributed by atoms with E-state index < -0.39 is 5.97 Å². The SMILES string of the molecule is CCC1N=Nc2c(N)c(C(=O)O)nn21. The molecule has 0 bridgehead atoms. The minimum atomic E-state index is -1.14. The van der Waals surface area contributed by atoms with Gasteiger partial charge in [-0.25, -0.2) is 9.48 Å². The van der Waals surface area contributed by atoms with Crippen molar-refractivity contribution in [3.63, 3.8) is 0 Å². The van der Waals surface area contributed by atoms with Crippen LogP contribution in [0.1, 0.15) is 30.0 Å². The maximum Gasteiger partial charge on any atom is 0.358 e. The number of nitrogens with two attached hydrogens (primary N) is 1. The van der Waals surface area contributed by atoms with Gasteiger partial charge in [0.15, 0.2) is 17.7 Å². The van der Waals surface area contributed by atoms with Crippen molar-refractivity contribution in [1.82, 2.24) is 9.78 Å². The van der Waals surface area contributed by atoms with E-state index in [9.17, 15) is 4.79 Å². The van der Waals surface area contributed by atoms with Crippen molar-refractivity contribution in [1.29, 1.82) is 0 Å². The third-order valence-corrected chi connectivity index (χ3v) is 2.06. The van der Waals surface area contributed by atoms with Crippen LogP contribution in [0.4, 0.5) is 11.5 Å². The molecule has 1 aromatic rings. The van der Waals surface area contributed by atoms with E-state index in [0.717, 1.165) is 0 Å². The highest BCUT2D eigenvalue weighted by atomic mass is 16.4. The van der Waals surface area contributed by atoms with Crippen molar-refractivity contribution in [2.75, 3.05) is 5.73 Å². The molecule has 1 aliphatic heterocycles. The van der Waals surface area contributed by atoms with Crippen LogP contribution in [-0.2, 0) is 0 Å². The van der Waals surface area contributed by atoms with Crippen LogP contribution in [-0.4, -0.2) is 20.9 Å². The number of nitrogen functional groups attached to an aromatic ring is 1. The summed E-state index contributed by atoms with van der Waals surface area (Å²) in [4.78, 5) is 10.7. The summed E-state index contributed by atoms with van der Waals surface area (Å²) in [5.41, 5.74) is 5.48. The van der Waals surface area contributed by atoms with Crippen molar-refractivity contribution < 1.29 is 9.90 Å². The van der Waals surface area contributed by atoms with Crippen LogP contribution in [0.3, 0.4) is 0 Å². The largest absolute Gasteiger partial charge is 0.476 e. The van der Waals surface area contributed by atoms with Gasteiger partial charge in [0.05, 0.1) is 0 Å². The maximum atomic E-state index is 10.7. The Kier molecular flexibility index (Phi) is 1.73. The van der Waals surface area contributed by atoms with Crippen LogP contribution in [0.15, 0.2) is 10.2 Å². The Balaban J connectivity index is 2.53. The predicted molar refractivity (Wildman–Crippen MR) is 47.4 cm³/mol. The molecule has 0 saturated carbocycles. The number of carboxylic acid groups (broad SMARTS) is 1. The molecule has 7 heteroatoms. The topological polar surface area (TPSA) is 106 Å². The fraction of sp³-hybridized carbons (Fsp3) is 0.429. The second kappa shape index (κ2) is 2.79. The Morgan fingerprint density at radius 2 is 2.43 bits per heavy atom. The number of hydrogen-bond donors (Lipinski definition) is 2. The Morgan fingerprint density at radius 1 is 1.71 bits per heavy atom. The van der Waals surface area contributed by atoms with Gasteiger partial charge in [-0.1, -0.05) is 6.92 Å². The predicted octanol–water partition coefficient (Wildman–Crippen LogP) is 1.17. The summed E-state index contributed by atoms with van der Waals surface area (Å²) in [5.74, 6) is -0.802. The molecule has 0 radical (unpaired) electrons. The van der Waals surface area contributed by atoms with E-state index in [1.165, 1.54) is 4.68 Å². The number of azo groups is 1. The quantitative estimate of drug-likeness (QED) is 0.738. The molecule has 0 fully saturated rings. The van der Waals surface area contributed by atoms with E-state index in [1.807, 2.05) is 6.92 Å². The zero-order chi connectivity index (χ0) is 10.3. The van der Waals surface area contributed by atoms with Crippen molar-refractivity contribution in [2.45, 2.75) is 19.5 Å². The molecule has 1 atom stereocenters. The molecule has 1 aromatic heterocycles. The molecule has 0 saturated heterocycles. The molecule has 0 aromatic carbocycles. The first-order valence-electron chi connectivity index (χ1n) is 4.17. The smallest absolute Gasteiger partial charge is 0.358 e. The van der Waals surface area contributed by atoms with Crippen LogP contribution in [0.5, 0.6) is 0 Å². The number of anilines is 1. The van der Waals surface area contributed by atoms with Gasteiger partial charge in [-0.05, 0) is 6.42 Å². The fourth-order valence-corrected chi connectivity index (χ4v) is 1.33. The Bertz CT molecular complexity index is 422. The Labute approximate surface area is 79.2 Å². The molecular formula is C7H9N5O2. The van der Waals surface area contributed by atoms with E-state index in [4.69, 9.17) is 10.8 Å². The average molecular weight is 195 g/mol. The summed E-state index contributed by atoms with van der Waals surface area (Å²) < 4.78 is 1.44. The van der Waals surface area contributed by atoms with Gasteiger partial charge in [0, 0.05) is 0 Å². The van der Waals surface area contributed by atoms with Crippen LogP contribution >= 0.6 is 0 Å². The number of rotatable bonds is 2. The highest BCUT2D eigenvalue weighted by molar-refractivity contribution is 5.94. The van der Waals surface area contributed by atoms with Gasteiger partial charge in [-0.3, -0.25) is 0 Å². The standard InChI is InChI=1S/C7H9N5O2/c1-2-3-9-10-6-4(8)5(7(13)14)11-12(3)6/h3H,2,8H2,1H3,(H,13,14). The molecule has 2 heterocycles. The molecule has 1 unspecified atom stereocenters. The third-order valence-electron chi connectivity index (χ3n) is 2.06. The summed E-state index contributed by atoms with van der Waals surface area (Å²) in [7, 11) is 0. The summed E-state index contributed by atoms with van der Waals surface area (Å²) in [6, 6.07) is 0. The van der Waals surface area contributed by atoms with Gasteiger partial charge < -0.3 is 10.8 Å². The second-order valence-electron chi connectivity index (χ2n) is 2.94. The van der Waals surface area contributed by atoms with Crippen LogP contribution in [0.2, 0.25) is 0 Å². The number of aromatic nitrogens is 2. The van der Waals surface area contributed by atoms with E-state index in [2.05, 4.69) is 15.3 Å². The Morgan fingerprint density at radius 3 is 3.00 bits per heavy atom. The Hall–Kier alpha value is -1.92. The number of hydrogen-bond acceptors (Lipinski definition) is 5. The molecular weight excluding hydrogens is 186 g/mol. The van der Waals surface area contributed by atoms with Gasteiger partial charge in [-0.2, -0.15) is 10.2 Å². The molecule has 0 amide bonds. The maximum absolute atomic E-state index is 10.7. The molecule has 7 nitrogen and oxygen atoms in total. The van der Waals surface area contributed by atoms with Gasteiger partial charge in [0.25, 0.3) is 0 Å². The lowest BCUT2D eigenvalue weighted by Crippen LogP contribution is -2.06. The molecule has 2 rings (SSSR count). The first kappa shape index (κ1) is 8.67. The lowest BCUT2D eigenvalue weighted by atomic mass is 10.3. The number of carbonyl (C=O) groups is 1.